The fourth-order valence-electron chi connectivity index (χ4n) is 2.20. The van der Waals surface area contributed by atoms with Gasteiger partial charge in [0.1, 0.15) is 4.47 Å². The lowest BCUT2D eigenvalue weighted by atomic mass is 10.0. The molecule has 0 aromatic carbocycles. The predicted molar refractivity (Wildman–Crippen MR) is 67.5 cm³/mol. The van der Waals surface area contributed by atoms with E-state index in [0.717, 1.165) is 5.69 Å². The fourth-order valence-corrected chi connectivity index (χ4v) is 2.50. The molecule has 2 N–H and O–H groups in total. The zero-order chi connectivity index (χ0) is 12.1. The van der Waals surface area contributed by atoms with E-state index < -0.39 is 0 Å². The Morgan fingerprint density at radius 1 is 1.38 bits per heavy atom. The van der Waals surface area contributed by atoms with E-state index in [9.17, 15) is 4.79 Å². The Balaban J connectivity index is 2.25. The Labute approximate surface area is 103 Å². The second kappa shape index (κ2) is 3.32. The van der Waals surface area contributed by atoms with Crippen LogP contribution in [0.1, 0.15) is 27.7 Å². The number of nitrogens with one attached hydrogen (secondary N) is 2. The van der Waals surface area contributed by atoms with Crippen LogP contribution in [0.2, 0.25) is 0 Å². The summed E-state index contributed by atoms with van der Waals surface area (Å²) in [6.07, 6.45) is 1.63. The topological polar surface area (TPSA) is 57.8 Å². The summed E-state index contributed by atoms with van der Waals surface area (Å²) < 4.78 is 0.515. The Morgan fingerprint density at radius 3 is 2.44 bits per heavy atom. The van der Waals surface area contributed by atoms with Gasteiger partial charge in [-0.15, -0.1) is 0 Å². The summed E-state index contributed by atoms with van der Waals surface area (Å²) in [6, 6.07) is 0.361. The molecule has 0 amide bonds. The van der Waals surface area contributed by atoms with Crippen LogP contribution < -0.4 is 10.9 Å². The molecular weight excluding hydrogens is 270 g/mol. The van der Waals surface area contributed by atoms with Crippen LogP contribution in [0.15, 0.2) is 15.5 Å². The van der Waals surface area contributed by atoms with Gasteiger partial charge in [0.05, 0.1) is 11.9 Å². The van der Waals surface area contributed by atoms with Crippen molar-refractivity contribution in [2.24, 2.45) is 10.8 Å². The minimum absolute atomic E-state index is 0.207. The summed E-state index contributed by atoms with van der Waals surface area (Å²) in [7, 11) is 0. The molecule has 0 aliphatic heterocycles. The van der Waals surface area contributed by atoms with Gasteiger partial charge in [-0.25, -0.2) is 5.10 Å². The Bertz CT molecular complexity index is 464. The number of rotatable bonds is 2. The van der Waals surface area contributed by atoms with Gasteiger partial charge in [0, 0.05) is 6.04 Å². The average Bonchev–Trinajstić information content (AvgIpc) is 2.55. The van der Waals surface area contributed by atoms with E-state index in [1.165, 1.54) is 0 Å². The van der Waals surface area contributed by atoms with E-state index in [1.54, 1.807) is 6.20 Å². The molecule has 4 nitrogen and oxygen atoms in total. The van der Waals surface area contributed by atoms with Crippen molar-refractivity contribution >= 4 is 21.6 Å². The van der Waals surface area contributed by atoms with Crippen LogP contribution in [0.3, 0.4) is 0 Å². The van der Waals surface area contributed by atoms with Crippen LogP contribution in [-0.2, 0) is 0 Å². The Morgan fingerprint density at radius 2 is 1.94 bits per heavy atom. The minimum atomic E-state index is -0.207. The number of anilines is 1. The van der Waals surface area contributed by atoms with Gasteiger partial charge in [-0.1, -0.05) is 27.7 Å². The molecule has 0 unspecified atom stereocenters. The fraction of sp³-hybridized carbons (Fsp3) is 0.636. The molecule has 1 fully saturated rings. The average molecular weight is 286 g/mol. The molecule has 1 heterocycles. The Hall–Kier alpha value is -0.840. The Kier molecular flexibility index (Phi) is 2.42. The summed E-state index contributed by atoms with van der Waals surface area (Å²) in [6.45, 7) is 8.89. The molecule has 0 radical (unpaired) electrons. The highest BCUT2D eigenvalue weighted by Gasteiger charge is 2.65. The van der Waals surface area contributed by atoms with Crippen molar-refractivity contribution in [3.63, 3.8) is 0 Å². The minimum Gasteiger partial charge on any atom is -0.379 e. The first-order valence-corrected chi connectivity index (χ1v) is 6.07. The number of hydrogen-bond acceptors (Lipinski definition) is 3. The largest absolute Gasteiger partial charge is 0.379 e. The van der Waals surface area contributed by atoms with Crippen LogP contribution in [0.5, 0.6) is 0 Å². The number of aromatic nitrogens is 2. The monoisotopic (exact) mass is 285 g/mol. The smallest absolute Gasteiger partial charge is 0.280 e. The molecular formula is C11H16BrN3O. The summed E-state index contributed by atoms with van der Waals surface area (Å²) in [5.74, 6) is 0. The quantitative estimate of drug-likeness (QED) is 0.877. The first kappa shape index (κ1) is 11.6. The number of nitrogens with zero attached hydrogens (tertiary/aromatic N) is 1. The van der Waals surface area contributed by atoms with Crippen LogP contribution in [0.25, 0.3) is 0 Å². The standard InChI is InChI=1S/C11H16BrN3O/c1-10(2)9(11(10,3)4)14-6-5-13-15-8(16)7(6)12/h5,9H,1-4H3,(H2,14,15,16). The van der Waals surface area contributed by atoms with Crippen LogP contribution in [0, 0.1) is 10.8 Å². The van der Waals surface area contributed by atoms with E-state index in [2.05, 4.69) is 59.1 Å². The molecule has 16 heavy (non-hydrogen) atoms. The third-order valence-corrected chi connectivity index (χ3v) is 4.90. The molecule has 1 aromatic rings. The van der Waals surface area contributed by atoms with E-state index in [4.69, 9.17) is 0 Å². The molecule has 0 bridgehead atoms. The van der Waals surface area contributed by atoms with Gasteiger partial charge in [-0.05, 0) is 26.8 Å². The first-order valence-electron chi connectivity index (χ1n) is 5.28. The first-order chi connectivity index (χ1) is 7.28. The third kappa shape index (κ3) is 1.49. The summed E-state index contributed by atoms with van der Waals surface area (Å²) in [4.78, 5) is 11.4. The molecule has 1 aromatic heterocycles. The van der Waals surface area contributed by atoms with E-state index in [-0.39, 0.29) is 16.4 Å². The lowest BCUT2D eigenvalue weighted by Gasteiger charge is -2.08. The van der Waals surface area contributed by atoms with Crippen molar-refractivity contribution in [1.29, 1.82) is 0 Å². The van der Waals surface area contributed by atoms with Crippen molar-refractivity contribution in [3.05, 3.63) is 21.0 Å². The summed E-state index contributed by atoms with van der Waals surface area (Å²) in [5.41, 5.74) is 1.01. The normalized spacial score (nSPS) is 21.8. The molecule has 2 rings (SSSR count). The maximum Gasteiger partial charge on any atom is 0.280 e. The van der Waals surface area contributed by atoms with Crippen molar-refractivity contribution in [2.45, 2.75) is 33.7 Å². The zero-order valence-electron chi connectivity index (χ0n) is 9.89. The van der Waals surface area contributed by atoms with Gasteiger partial charge in [0.15, 0.2) is 0 Å². The van der Waals surface area contributed by atoms with Crippen molar-refractivity contribution in [2.75, 3.05) is 5.32 Å². The molecule has 88 valence electrons. The molecule has 1 aliphatic rings. The summed E-state index contributed by atoms with van der Waals surface area (Å²) in [5, 5.41) is 9.55. The second-order valence-corrected chi connectivity index (χ2v) is 6.24. The van der Waals surface area contributed by atoms with Crippen molar-refractivity contribution in [3.8, 4) is 0 Å². The van der Waals surface area contributed by atoms with Gasteiger partial charge >= 0.3 is 0 Å². The summed E-state index contributed by atoms with van der Waals surface area (Å²) >= 11 is 3.27. The van der Waals surface area contributed by atoms with Crippen molar-refractivity contribution < 1.29 is 0 Å². The highest BCUT2D eigenvalue weighted by atomic mass is 79.9. The lowest BCUT2D eigenvalue weighted by molar-refractivity contribution is 0.457. The van der Waals surface area contributed by atoms with Gasteiger partial charge in [-0.2, -0.15) is 5.10 Å². The molecule has 0 atom stereocenters. The maximum atomic E-state index is 11.4. The SMILES string of the molecule is CC1(C)C(Nc2cn[nH]c(=O)c2Br)C1(C)C. The van der Waals surface area contributed by atoms with E-state index in [0.29, 0.717) is 10.5 Å². The molecule has 1 aliphatic carbocycles. The zero-order valence-corrected chi connectivity index (χ0v) is 11.5. The lowest BCUT2D eigenvalue weighted by Crippen LogP contribution is -2.16. The number of hydrogen-bond donors (Lipinski definition) is 2. The highest BCUT2D eigenvalue weighted by Crippen LogP contribution is 2.63. The van der Waals surface area contributed by atoms with E-state index >= 15 is 0 Å². The maximum absolute atomic E-state index is 11.4. The predicted octanol–water partition coefficient (Wildman–Crippen LogP) is 2.38. The molecule has 0 saturated heterocycles. The van der Waals surface area contributed by atoms with Crippen LogP contribution in [0.4, 0.5) is 5.69 Å². The number of aromatic amines is 1. The third-order valence-electron chi connectivity index (χ3n) is 4.12. The highest BCUT2D eigenvalue weighted by molar-refractivity contribution is 9.10. The number of H-pyrrole nitrogens is 1. The van der Waals surface area contributed by atoms with Crippen LogP contribution >= 0.6 is 15.9 Å². The second-order valence-electron chi connectivity index (χ2n) is 5.45. The van der Waals surface area contributed by atoms with Gasteiger partial charge < -0.3 is 5.32 Å². The van der Waals surface area contributed by atoms with Gasteiger partial charge in [0.2, 0.25) is 0 Å². The van der Waals surface area contributed by atoms with Crippen molar-refractivity contribution in [1.82, 2.24) is 10.2 Å². The van der Waals surface area contributed by atoms with Gasteiger partial charge in [0.25, 0.3) is 5.56 Å². The number of halogens is 1. The molecule has 0 spiro atoms. The van der Waals surface area contributed by atoms with Crippen LogP contribution in [-0.4, -0.2) is 16.2 Å². The van der Waals surface area contributed by atoms with Gasteiger partial charge in [-0.3, -0.25) is 4.79 Å². The molecule has 5 heteroatoms. The van der Waals surface area contributed by atoms with E-state index in [1.807, 2.05) is 0 Å². The molecule has 1 saturated carbocycles.